The molecule has 10 heteroatoms. The molecule has 1 spiro atoms. The highest BCUT2D eigenvalue weighted by Gasteiger charge is 2.66. The van der Waals surface area contributed by atoms with Crippen molar-refractivity contribution in [2.45, 2.75) is 88.4 Å². The van der Waals surface area contributed by atoms with Gasteiger partial charge in [0.25, 0.3) is 0 Å². The van der Waals surface area contributed by atoms with Gasteiger partial charge in [0, 0.05) is 29.8 Å². The number of hydrogen-bond acceptors (Lipinski definition) is 4. The van der Waals surface area contributed by atoms with Crippen LogP contribution in [0.2, 0.25) is 5.02 Å². The third kappa shape index (κ3) is 4.83. The number of amides is 2. The summed E-state index contributed by atoms with van der Waals surface area (Å²) in [5.74, 6) is -5.15. The van der Waals surface area contributed by atoms with E-state index < -0.39 is 58.8 Å². The molecule has 2 fully saturated rings. The van der Waals surface area contributed by atoms with Crippen molar-refractivity contribution in [1.29, 1.82) is 0 Å². The Balaban J connectivity index is 1.69. The summed E-state index contributed by atoms with van der Waals surface area (Å²) in [6, 6.07) is 4.32. The molecule has 5 rings (SSSR count). The minimum Gasteiger partial charge on any atom is -0.393 e. The fourth-order valence-corrected chi connectivity index (χ4v) is 6.86. The standard InChI is InChI=1S/C29H33ClF3N3O3/c1-28(2,3)13-22-29(17-11-19(31)20(32)12-21(17)35-27(29)39)23(16-5-4-6-18(30)24(16)33)25(36-22)26(38)34-14-7-9-15(37)10-8-14/h4-6,11-12,14-15,22-23,25,36-37H,7-10,13H2,1-3H3,(H,34,38)(H,35,39)/t14?,15?,22-,23?,25-,29+/m1/s1. The lowest BCUT2D eigenvalue weighted by Gasteiger charge is -2.38. The van der Waals surface area contributed by atoms with Crippen molar-refractivity contribution in [2.24, 2.45) is 5.41 Å². The minimum absolute atomic E-state index is 0.0401. The van der Waals surface area contributed by atoms with Crippen LogP contribution in [-0.4, -0.2) is 41.2 Å². The Morgan fingerprint density at radius 1 is 1.13 bits per heavy atom. The molecule has 2 aromatic rings. The Kier molecular flexibility index (Phi) is 7.23. The van der Waals surface area contributed by atoms with Crippen molar-refractivity contribution in [1.82, 2.24) is 10.6 Å². The van der Waals surface area contributed by atoms with Gasteiger partial charge in [0.15, 0.2) is 11.6 Å². The molecule has 0 radical (unpaired) electrons. The molecular weight excluding hydrogens is 531 g/mol. The predicted molar refractivity (Wildman–Crippen MR) is 142 cm³/mol. The van der Waals surface area contributed by atoms with Gasteiger partial charge < -0.3 is 21.1 Å². The molecule has 210 valence electrons. The molecule has 4 atom stereocenters. The molecule has 1 saturated heterocycles. The van der Waals surface area contributed by atoms with E-state index in [4.69, 9.17) is 11.6 Å². The van der Waals surface area contributed by atoms with Crippen LogP contribution in [0.3, 0.4) is 0 Å². The van der Waals surface area contributed by atoms with Crippen LogP contribution in [0, 0.1) is 22.9 Å². The van der Waals surface area contributed by atoms with Crippen molar-refractivity contribution < 1.29 is 27.9 Å². The van der Waals surface area contributed by atoms with E-state index in [0.29, 0.717) is 32.1 Å². The zero-order chi connectivity index (χ0) is 28.3. The van der Waals surface area contributed by atoms with Crippen LogP contribution >= 0.6 is 11.6 Å². The molecular formula is C29H33ClF3N3O3. The van der Waals surface area contributed by atoms with Crippen LogP contribution in [0.4, 0.5) is 18.9 Å². The number of carbonyl (C=O) groups excluding carboxylic acids is 2. The summed E-state index contributed by atoms with van der Waals surface area (Å²) >= 11 is 6.18. The van der Waals surface area contributed by atoms with E-state index in [9.17, 15) is 23.5 Å². The van der Waals surface area contributed by atoms with Gasteiger partial charge in [-0.2, -0.15) is 0 Å². The molecule has 0 aromatic heterocycles. The summed E-state index contributed by atoms with van der Waals surface area (Å²) in [6.07, 6.45) is 2.22. The van der Waals surface area contributed by atoms with Gasteiger partial charge in [-0.3, -0.25) is 9.59 Å². The van der Waals surface area contributed by atoms with E-state index in [1.54, 1.807) is 6.07 Å². The molecule has 2 heterocycles. The topological polar surface area (TPSA) is 90.5 Å². The first kappa shape index (κ1) is 27.9. The molecule has 1 aliphatic carbocycles. The van der Waals surface area contributed by atoms with Crippen molar-refractivity contribution >= 4 is 29.1 Å². The van der Waals surface area contributed by atoms with E-state index in [2.05, 4.69) is 16.0 Å². The first-order valence-electron chi connectivity index (χ1n) is 13.3. The Morgan fingerprint density at radius 3 is 2.46 bits per heavy atom. The first-order chi connectivity index (χ1) is 18.3. The molecule has 1 unspecified atom stereocenters. The maximum atomic E-state index is 15.8. The summed E-state index contributed by atoms with van der Waals surface area (Å²) in [5, 5.41) is 18.8. The van der Waals surface area contributed by atoms with Gasteiger partial charge >= 0.3 is 0 Å². The quantitative estimate of drug-likeness (QED) is 0.425. The van der Waals surface area contributed by atoms with E-state index in [1.807, 2.05) is 20.8 Å². The fraction of sp³-hybridized carbons (Fsp3) is 0.517. The third-order valence-corrected chi connectivity index (χ3v) is 8.63. The lowest BCUT2D eigenvalue weighted by atomic mass is 9.62. The first-order valence-corrected chi connectivity index (χ1v) is 13.7. The van der Waals surface area contributed by atoms with E-state index in [-0.39, 0.29) is 33.3 Å². The lowest BCUT2D eigenvalue weighted by molar-refractivity contribution is -0.124. The number of benzene rings is 2. The van der Waals surface area contributed by atoms with Crippen LogP contribution in [-0.2, 0) is 15.0 Å². The van der Waals surface area contributed by atoms with Gasteiger partial charge in [-0.15, -0.1) is 0 Å². The van der Waals surface area contributed by atoms with E-state index in [1.165, 1.54) is 12.1 Å². The highest BCUT2D eigenvalue weighted by atomic mass is 35.5. The van der Waals surface area contributed by atoms with Gasteiger partial charge in [-0.1, -0.05) is 44.5 Å². The number of carbonyl (C=O) groups is 2. The van der Waals surface area contributed by atoms with Crippen LogP contribution < -0.4 is 16.0 Å². The van der Waals surface area contributed by atoms with Gasteiger partial charge in [0.1, 0.15) is 11.2 Å². The number of rotatable bonds is 4. The average Bonchev–Trinajstić information content (AvgIpc) is 3.32. The normalized spacial score (nSPS) is 30.4. The van der Waals surface area contributed by atoms with Crippen molar-refractivity contribution in [3.05, 3.63) is 63.9 Å². The van der Waals surface area contributed by atoms with Gasteiger partial charge in [-0.05, 0) is 60.8 Å². The van der Waals surface area contributed by atoms with Crippen LogP contribution in [0.15, 0.2) is 30.3 Å². The summed E-state index contributed by atoms with van der Waals surface area (Å²) in [5.41, 5.74) is -1.68. The maximum Gasteiger partial charge on any atom is 0.238 e. The predicted octanol–water partition coefficient (Wildman–Crippen LogP) is 4.93. The summed E-state index contributed by atoms with van der Waals surface area (Å²) in [6.45, 7) is 5.91. The number of hydrogen-bond donors (Lipinski definition) is 4. The Morgan fingerprint density at radius 2 is 1.79 bits per heavy atom. The van der Waals surface area contributed by atoms with Crippen molar-refractivity contribution in [3.63, 3.8) is 0 Å². The van der Waals surface area contributed by atoms with Crippen molar-refractivity contribution in [3.8, 4) is 0 Å². The summed E-state index contributed by atoms with van der Waals surface area (Å²) in [4.78, 5) is 27.9. The highest BCUT2D eigenvalue weighted by Crippen LogP contribution is 2.57. The second-order valence-corrected chi connectivity index (χ2v) is 12.6. The zero-order valence-corrected chi connectivity index (χ0v) is 22.8. The van der Waals surface area contributed by atoms with Crippen LogP contribution in [0.25, 0.3) is 0 Å². The Bertz CT molecular complexity index is 1310. The van der Waals surface area contributed by atoms with Crippen LogP contribution in [0.5, 0.6) is 0 Å². The Hall–Kier alpha value is -2.62. The molecule has 39 heavy (non-hydrogen) atoms. The number of halogens is 4. The minimum atomic E-state index is -1.63. The number of aliphatic hydroxyl groups is 1. The molecule has 1 saturated carbocycles. The SMILES string of the molecule is CC(C)(C)C[C@H]1N[C@@H](C(=O)NC2CCC(O)CC2)C(c2cccc(Cl)c2F)[C@@]12C(=O)Nc1cc(F)c(F)cc12. The van der Waals surface area contributed by atoms with Crippen LogP contribution in [0.1, 0.15) is 69.9 Å². The van der Waals surface area contributed by atoms with E-state index in [0.717, 1.165) is 12.1 Å². The zero-order valence-electron chi connectivity index (χ0n) is 22.1. The van der Waals surface area contributed by atoms with Crippen molar-refractivity contribution in [2.75, 3.05) is 5.32 Å². The highest BCUT2D eigenvalue weighted by molar-refractivity contribution is 6.30. The number of nitrogens with one attached hydrogen (secondary N) is 3. The second kappa shape index (κ2) is 10.1. The smallest absolute Gasteiger partial charge is 0.238 e. The van der Waals surface area contributed by atoms with Gasteiger partial charge in [-0.25, -0.2) is 13.2 Å². The summed E-state index contributed by atoms with van der Waals surface area (Å²) in [7, 11) is 0. The summed E-state index contributed by atoms with van der Waals surface area (Å²) < 4.78 is 44.8. The van der Waals surface area contributed by atoms with E-state index >= 15 is 4.39 Å². The lowest BCUT2D eigenvalue weighted by Crippen LogP contribution is -2.50. The molecule has 6 nitrogen and oxygen atoms in total. The fourth-order valence-electron chi connectivity index (χ4n) is 6.68. The number of fused-ring (bicyclic) bond motifs is 2. The largest absolute Gasteiger partial charge is 0.393 e. The molecule has 0 bridgehead atoms. The molecule has 2 amide bonds. The van der Waals surface area contributed by atoms with Gasteiger partial charge in [0.2, 0.25) is 11.8 Å². The molecule has 2 aromatic carbocycles. The maximum absolute atomic E-state index is 15.8. The number of anilines is 1. The monoisotopic (exact) mass is 563 g/mol. The molecule has 2 aliphatic heterocycles. The number of aliphatic hydroxyl groups excluding tert-OH is 1. The third-order valence-electron chi connectivity index (χ3n) is 8.34. The Labute approximate surface area is 230 Å². The van der Waals surface area contributed by atoms with Gasteiger partial charge in [0.05, 0.1) is 17.2 Å². The molecule has 4 N–H and O–H groups in total. The average molecular weight is 564 g/mol. The molecule has 3 aliphatic rings. The second-order valence-electron chi connectivity index (χ2n) is 12.2.